The molecule has 5 heteroatoms. The van der Waals surface area contributed by atoms with E-state index in [-0.39, 0.29) is 25.2 Å². The maximum Gasteiger partial charge on any atom is 0.165 e. The smallest absolute Gasteiger partial charge is 0.165 e. The molecule has 0 aliphatic carbocycles. The predicted octanol–water partition coefficient (Wildman–Crippen LogP) is 4.94. The van der Waals surface area contributed by atoms with Gasteiger partial charge in [0.2, 0.25) is 0 Å². The minimum atomic E-state index is 0. The van der Waals surface area contributed by atoms with Crippen molar-refractivity contribution >= 4 is 22.1 Å². The van der Waals surface area contributed by atoms with E-state index < -0.39 is 0 Å². The van der Waals surface area contributed by atoms with Crippen molar-refractivity contribution < 1.29 is 24.6 Å². The first-order valence-electron chi connectivity index (χ1n) is 8.43. The Kier molecular flexibility index (Phi) is 4.46. The normalized spacial score (nSPS) is 10.8. The van der Waals surface area contributed by atoms with Gasteiger partial charge in [0, 0.05) is 30.6 Å². The first-order chi connectivity index (χ1) is 12.8. The van der Waals surface area contributed by atoms with E-state index in [1.807, 2.05) is 77.4 Å². The van der Waals surface area contributed by atoms with Crippen LogP contribution in [0, 0.1) is 0 Å². The Balaban J connectivity index is 0.00000180. The molecule has 0 unspecified atom stereocenters. The number of imidazole rings is 1. The summed E-state index contributed by atoms with van der Waals surface area (Å²) in [5, 5.41) is 11.4. The van der Waals surface area contributed by atoms with Crippen molar-refractivity contribution in [3.63, 3.8) is 0 Å². The zero-order valence-corrected chi connectivity index (χ0v) is 17.5. The van der Waals surface area contributed by atoms with Crippen LogP contribution in [0.1, 0.15) is 0 Å². The summed E-state index contributed by atoms with van der Waals surface area (Å²) in [7, 11) is 0. The van der Waals surface area contributed by atoms with Gasteiger partial charge in [-0.05, 0) is 36.4 Å². The number of nitrogens with zero attached hydrogens (tertiary/aromatic N) is 3. The first-order valence-corrected chi connectivity index (χ1v) is 8.43. The van der Waals surface area contributed by atoms with Crippen LogP contribution < -0.4 is 0 Å². The molecule has 2 aromatic heterocycles. The van der Waals surface area contributed by atoms with Gasteiger partial charge in [-0.15, -0.1) is 0 Å². The van der Waals surface area contributed by atoms with E-state index in [0.717, 1.165) is 27.8 Å². The van der Waals surface area contributed by atoms with Crippen molar-refractivity contribution in [2.24, 2.45) is 0 Å². The Morgan fingerprint density at radius 3 is 2.22 bits per heavy atom. The van der Waals surface area contributed by atoms with E-state index >= 15 is 0 Å². The number of fused-ring (bicyclic) bond motifs is 2. The van der Waals surface area contributed by atoms with Gasteiger partial charge in [-0.3, -0.25) is 4.57 Å². The van der Waals surface area contributed by atoms with Crippen molar-refractivity contribution in [2.75, 3.05) is 0 Å². The number of aromatic hydroxyl groups is 1. The molecule has 1 N–H and O–H groups in total. The molecule has 126 valence electrons. The van der Waals surface area contributed by atoms with Crippen LogP contribution in [0.4, 0.5) is 0 Å². The van der Waals surface area contributed by atoms with Crippen molar-refractivity contribution in [1.29, 1.82) is 0 Å². The Hall–Kier alpha value is -3.04. The maximum absolute atomic E-state index is 10.4. The minimum Gasteiger partial charge on any atom is -0.507 e. The van der Waals surface area contributed by atoms with Gasteiger partial charge < -0.3 is 5.11 Å². The number of pyridine rings is 1. The molecule has 27 heavy (non-hydrogen) atoms. The zero-order chi connectivity index (χ0) is 17.5. The molecule has 5 rings (SSSR count). The van der Waals surface area contributed by atoms with E-state index in [1.165, 1.54) is 0 Å². The van der Waals surface area contributed by atoms with E-state index in [4.69, 9.17) is 9.97 Å². The van der Waals surface area contributed by atoms with Gasteiger partial charge in [0.15, 0.2) is 11.5 Å². The Morgan fingerprint density at radius 1 is 0.704 bits per heavy atom. The average molecular weight is 403 g/mol. The summed E-state index contributed by atoms with van der Waals surface area (Å²) in [4.78, 5) is 9.66. The third kappa shape index (κ3) is 2.90. The molecule has 2 heterocycles. The van der Waals surface area contributed by atoms with Gasteiger partial charge in [-0.1, -0.05) is 48.5 Å². The molecule has 0 bridgehead atoms. The molecule has 0 saturated carbocycles. The van der Waals surface area contributed by atoms with Crippen molar-refractivity contribution in [2.45, 2.75) is 0 Å². The number of aromatic nitrogens is 3. The van der Waals surface area contributed by atoms with Crippen molar-refractivity contribution in [3.05, 3.63) is 84.9 Å². The molecule has 5 aromatic rings. The number of hydrogen-bond donors (Lipinski definition) is 1. The summed E-state index contributed by atoms with van der Waals surface area (Å²) in [6.45, 7) is 0. The first kappa shape index (κ1) is 17.4. The standard InChI is InChI=1S/C22H15N3O.Zn/c26-20-13-7-5-11-17(20)21-24-19-14-15-8-4-6-12-18(15)23-22(19)25(21)16-9-2-1-3-10-16;/h1-14,26H;. The van der Waals surface area contributed by atoms with Crippen LogP contribution in [-0.4, -0.2) is 19.6 Å². The second-order valence-corrected chi connectivity index (χ2v) is 6.15. The monoisotopic (exact) mass is 401 g/mol. The van der Waals surface area contributed by atoms with Gasteiger partial charge in [-0.2, -0.15) is 0 Å². The summed E-state index contributed by atoms with van der Waals surface area (Å²) >= 11 is 0. The molecule has 0 fully saturated rings. The second kappa shape index (κ2) is 6.94. The number of phenols is 1. The van der Waals surface area contributed by atoms with Crippen LogP contribution >= 0.6 is 0 Å². The molecule has 4 nitrogen and oxygen atoms in total. The molecule has 0 saturated heterocycles. The topological polar surface area (TPSA) is 50.9 Å². The summed E-state index contributed by atoms with van der Waals surface area (Å²) in [6, 6.07) is 27.3. The molecule has 3 aromatic carbocycles. The summed E-state index contributed by atoms with van der Waals surface area (Å²) < 4.78 is 2.00. The third-order valence-corrected chi connectivity index (χ3v) is 4.49. The van der Waals surface area contributed by atoms with Crippen LogP contribution in [0.5, 0.6) is 5.75 Å². The minimum absolute atomic E-state index is 0. The fraction of sp³-hybridized carbons (Fsp3) is 0. The van der Waals surface area contributed by atoms with Crippen molar-refractivity contribution in [3.8, 4) is 22.8 Å². The van der Waals surface area contributed by atoms with Gasteiger partial charge in [0.1, 0.15) is 11.3 Å². The number of rotatable bonds is 2. The van der Waals surface area contributed by atoms with Gasteiger partial charge in [0.05, 0.1) is 11.1 Å². The largest absolute Gasteiger partial charge is 0.507 e. The molecule has 0 spiro atoms. The molecular weight excluding hydrogens is 388 g/mol. The zero-order valence-electron chi connectivity index (χ0n) is 14.6. The van der Waals surface area contributed by atoms with E-state index in [9.17, 15) is 5.11 Å². The quantitative estimate of drug-likeness (QED) is 0.425. The summed E-state index contributed by atoms with van der Waals surface area (Å²) in [5.41, 5.74) is 4.12. The fourth-order valence-corrected chi connectivity index (χ4v) is 3.27. The van der Waals surface area contributed by atoms with E-state index in [0.29, 0.717) is 11.4 Å². The Bertz CT molecular complexity index is 1250. The fourth-order valence-electron chi connectivity index (χ4n) is 3.27. The Morgan fingerprint density at radius 2 is 1.41 bits per heavy atom. The van der Waals surface area contributed by atoms with Gasteiger partial charge >= 0.3 is 0 Å². The summed E-state index contributed by atoms with van der Waals surface area (Å²) in [6.07, 6.45) is 0. The average Bonchev–Trinajstić information content (AvgIpc) is 3.05. The molecule has 0 amide bonds. The van der Waals surface area contributed by atoms with Gasteiger partial charge in [0.25, 0.3) is 0 Å². The predicted molar refractivity (Wildman–Crippen MR) is 103 cm³/mol. The number of hydrogen-bond acceptors (Lipinski definition) is 3. The van der Waals surface area contributed by atoms with Crippen LogP contribution in [0.25, 0.3) is 39.1 Å². The number of benzene rings is 3. The summed E-state index contributed by atoms with van der Waals surface area (Å²) in [5.74, 6) is 0.872. The molecule has 0 aliphatic rings. The Labute approximate surface area is 168 Å². The molecule has 0 aliphatic heterocycles. The SMILES string of the molecule is Oc1ccccc1-c1nc2cc3ccccc3nc2n1-c1ccccc1.[Zn]. The van der Waals surface area contributed by atoms with E-state index in [2.05, 4.69) is 0 Å². The van der Waals surface area contributed by atoms with Crippen LogP contribution in [0.3, 0.4) is 0 Å². The second-order valence-electron chi connectivity index (χ2n) is 6.15. The number of para-hydroxylation sites is 3. The maximum atomic E-state index is 10.4. The molecule has 0 radical (unpaired) electrons. The van der Waals surface area contributed by atoms with Crippen LogP contribution in [0.15, 0.2) is 84.9 Å². The van der Waals surface area contributed by atoms with Crippen LogP contribution in [0.2, 0.25) is 0 Å². The van der Waals surface area contributed by atoms with Crippen LogP contribution in [-0.2, 0) is 19.5 Å². The van der Waals surface area contributed by atoms with Gasteiger partial charge in [-0.25, -0.2) is 9.97 Å². The molecule has 0 atom stereocenters. The third-order valence-electron chi connectivity index (χ3n) is 4.49. The molecular formula is C22H15N3OZn. The number of phenolic OH excluding ortho intramolecular Hbond substituents is 1. The van der Waals surface area contributed by atoms with Crippen molar-refractivity contribution in [1.82, 2.24) is 14.5 Å². The van der Waals surface area contributed by atoms with E-state index in [1.54, 1.807) is 12.1 Å².